The standard InChI is InChI=1S/C24H30O3/c1-2-23-8-5-16-17-4-3-15(25)13-20(17)22(11-12-22)14-18(16)19(23)6-9-24(23)10-7-21(26)27-24/h7,10,16,18-19H,2-6,8-9,11-14H2,1H3/t16?,18?,19?,23-,24+/m0/s1. The van der Waals surface area contributed by atoms with Gasteiger partial charge in [0.1, 0.15) is 11.4 Å². The molecule has 27 heavy (non-hydrogen) atoms. The number of ether oxygens (including phenoxy) is 1. The molecule has 3 heteroatoms. The molecule has 0 aromatic rings. The van der Waals surface area contributed by atoms with E-state index in [0.717, 1.165) is 38.0 Å². The highest BCUT2D eigenvalue weighted by Gasteiger charge is 2.67. The van der Waals surface area contributed by atoms with Crippen LogP contribution in [0.5, 0.6) is 0 Å². The number of ketones is 1. The van der Waals surface area contributed by atoms with E-state index in [2.05, 4.69) is 13.0 Å². The Hall–Kier alpha value is -1.38. The molecule has 3 unspecified atom stereocenters. The SMILES string of the molecule is CC[C@]12CCC3C4=C(CC(=O)CC4)C4(CC4)CC3C1CC[C@@]21C=CC(=O)O1. The highest BCUT2D eigenvalue weighted by molar-refractivity contribution is 5.85. The van der Waals surface area contributed by atoms with Crippen LogP contribution in [0.15, 0.2) is 23.3 Å². The first kappa shape index (κ1) is 16.6. The third-order valence-electron chi connectivity index (χ3n) is 9.72. The van der Waals surface area contributed by atoms with Gasteiger partial charge in [0.25, 0.3) is 0 Å². The molecule has 3 fully saturated rings. The third kappa shape index (κ3) is 1.94. The van der Waals surface area contributed by atoms with E-state index < -0.39 is 0 Å². The molecule has 0 aromatic carbocycles. The molecule has 0 N–H and O–H groups in total. The lowest BCUT2D eigenvalue weighted by molar-refractivity contribution is -0.163. The minimum Gasteiger partial charge on any atom is -0.451 e. The summed E-state index contributed by atoms with van der Waals surface area (Å²) < 4.78 is 6.03. The van der Waals surface area contributed by atoms with Gasteiger partial charge in [-0.05, 0) is 87.0 Å². The van der Waals surface area contributed by atoms with Gasteiger partial charge in [-0.2, -0.15) is 0 Å². The molecule has 0 amide bonds. The fourth-order valence-electron chi connectivity index (χ4n) is 8.44. The number of hydrogen-bond acceptors (Lipinski definition) is 3. The van der Waals surface area contributed by atoms with Gasteiger partial charge >= 0.3 is 5.97 Å². The number of rotatable bonds is 1. The molecule has 144 valence electrons. The van der Waals surface area contributed by atoms with Gasteiger partial charge < -0.3 is 4.74 Å². The average molecular weight is 367 g/mol. The lowest BCUT2D eigenvalue weighted by Crippen LogP contribution is -2.53. The van der Waals surface area contributed by atoms with Gasteiger partial charge in [-0.3, -0.25) is 4.79 Å². The van der Waals surface area contributed by atoms with Crippen LogP contribution in [0.2, 0.25) is 0 Å². The van der Waals surface area contributed by atoms with Gasteiger partial charge in [0.2, 0.25) is 0 Å². The first-order valence-corrected chi connectivity index (χ1v) is 11.2. The van der Waals surface area contributed by atoms with Gasteiger partial charge in [0.05, 0.1) is 0 Å². The van der Waals surface area contributed by atoms with E-state index in [1.165, 1.54) is 38.5 Å². The molecule has 0 aromatic heterocycles. The van der Waals surface area contributed by atoms with Crippen molar-refractivity contribution < 1.29 is 14.3 Å². The minimum atomic E-state index is -0.331. The van der Waals surface area contributed by atoms with Crippen LogP contribution in [0.3, 0.4) is 0 Å². The van der Waals surface area contributed by atoms with Crippen LogP contribution in [0.25, 0.3) is 0 Å². The summed E-state index contributed by atoms with van der Waals surface area (Å²) in [5.74, 6) is 2.44. The van der Waals surface area contributed by atoms with Gasteiger partial charge in [-0.1, -0.05) is 18.1 Å². The highest BCUT2D eigenvalue weighted by Crippen LogP contribution is 2.72. The molecule has 1 heterocycles. The van der Waals surface area contributed by atoms with Crippen molar-refractivity contribution in [1.82, 2.24) is 0 Å². The van der Waals surface area contributed by atoms with Crippen LogP contribution in [0.1, 0.15) is 77.6 Å². The predicted octanol–water partition coefficient (Wildman–Crippen LogP) is 4.90. The quantitative estimate of drug-likeness (QED) is 0.489. The van der Waals surface area contributed by atoms with Gasteiger partial charge in [-0.15, -0.1) is 0 Å². The predicted molar refractivity (Wildman–Crippen MR) is 102 cm³/mol. The van der Waals surface area contributed by atoms with Crippen molar-refractivity contribution in [3.05, 3.63) is 23.3 Å². The van der Waals surface area contributed by atoms with Crippen LogP contribution >= 0.6 is 0 Å². The number of allylic oxidation sites excluding steroid dienone is 2. The molecule has 5 aliphatic carbocycles. The Morgan fingerprint density at radius 3 is 2.67 bits per heavy atom. The minimum absolute atomic E-state index is 0.134. The highest BCUT2D eigenvalue weighted by atomic mass is 16.6. The smallest absolute Gasteiger partial charge is 0.331 e. The van der Waals surface area contributed by atoms with Crippen LogP contribution in [-0.2, 0) is 14.3 Å². The van der Waals surface area contributed by atoms with Gasteiger partial charge in [-0.25, -0.2) is 4.79 Å². The maximum Gasteiger partial charge on any atom is 0.331 e. The molecular formula is C24H30O3. The van der Waals surface area contributed by atoms with Crippen molar-refractivity contribution in [3.63, 3.8) is 0 Å². The number of Topliss-reactive ketones (excluding diaryl/α,β-unsaturated/α-hetero) is 1. The second-order valence-corrected chi connectivity index (χ2v) is 10.3. The first-order chi connectivity index (χ1) is 13.0. The summed E-state index contributed by atoms with van der Waals surface area (Å²) in [6.45, 7) is 2.32. The number of esters is 1. The lowest BCUT2D eigenvalue weighted by atomic mass is 9.49. The Kier molecular flexibility index (Phi) is 3.16. The largest absolute Gasteiger partial charge is 0.451 e. The lowest BCUT2D eigenvalue weighted by Gasteiger charge is -2.56. The summed E-state index contributed by atoms with van der Waals surface area (Å²) in [6.07, 6.45) is 16.0. The third-order valence-corrected chi connectivity index (χ3v) is 9.72. The molecule has 2 spiro atoms. The second-order valence-electron chi connectivity index (χ2n) is 10.3. The summed E-state index contributed by atoms with van der Waals surface area (Å²) in [5.41, 5.74) is 3.47. The van der Waals surface area contributed by atoms with E-state index >= 15 is 0 Å². The number of carbonyl (C=O) groups excluding carboxylic acids is 2. The topological polar surface area (TPSA) is 43.4 Å². The Balaban J connectivity index is 1.42. The molecule has 3 saturated carbocycles. The molecule has 6 aliphatic rings. The monoisotopic (exact) mass is 366 g/mol. The maximum atomic E-state index is 12.2. The second kappa shape index (κ2) is 5.15. The fraction of sp³-hybridized carbons (Fsp3) is 0.750. The zero-order chi connectivity index (χ0) is 18.4. The molecule has 0 bridgehead atoms. The summed E-state index contributed by atoms with van der Waals surface area (Å²) in [5, 5.41) is 0. The summed E-state index contributed by atoms with van der Waals surface area (Å²) in [4.78, 5) is 24.2. The van der Waals surface area contributed by atoms with Crippen molar-refractivity contribution in [3.8, 4) is 0 Å². The van der Waals surface area contributed by atoms with Crippen molar-refractivity contribution in [1.29, 1.82) is 0 Å². The zero-order valence-corrected chi connectivity index (χ0v) is 16.4. The molecule has 0 saturated heterocycles. The summed E-state index contributed by atoms with van der Waals surface area (Å²) >= 11 is 0. The fourth-order valence-corrected chi connectivity index (χ4v) is 8.44. The van der Waals surface area contributed by atoms with E-state index in [1.807, 2.05) is 0 Å². The number of fused-ring (bicyclic) bond motifs is 6. The van der Waals surface area contributed by atoms with E-state index in [9.17, 15) is 9.59 Å². The Morgan fingerprint density at radius 2 is 1.96 bits per heavy atom. The van der Waals surface area contributed by atoms with Crippen molar-refractivity contribution in [2.75, 3.05) is 0 Å². The maximum absolute atomic E-state index is 12.2. The molecule has 1 aliphatic heterocycles. The van der Waals surface area contributed by atoms with Crippen LogP contribution in [0.4, 0.5) is 0 Å². The summed E-state index contributed by atoms with van der Waals surface area (Å²) in [6, 6.07) is 0. The molecular weight excluding hydrogens is 336 g/mol. The van der Waals surface area contributed by atoms with Crippen LogP contribution in [0, 0.1) is 28.6 Å². The average Bonchev–Trinajstić information content (AvgIpc) is 3.22. The molecule has 5 atom stereocenters. The van der Waals surface area contributed by atoms with E-state index in [1.54, 1.807) is 17.2 Å². The summed E-state index contributed by atoms with van der Waals surface area (Å²) in [7, 11) is 0. The van der Waals surface area contributed by atoms with Crippen molar-refractivity contribution in [2.24, 2.45) is 28.6 Å². The van der Waals surface area contributed by atoms with Gasteiger partial charge in [0, 0.05) is 24.3 Å². The number of hydrogen-bond donors (Lipinski definition) is 0. The Bertz CT molecular complexity index is 800. The Morgan fingerprint density at radius 1 is 1.11 bits per heavy atom. The van der Waals surface area contributed by atoms with Crippen molar-refractivity contribution in [2.45, 2.75) is 83.2 Å². The van der Waals surface area contributed by atoms with Gasteiger partial charge in [0.15, 0.2) is 0 Å². The normalized spacial score (nSPS) is 46.5. The molecule has 0 radical (unpaired) electrons. The van der Waals surface area contributed by atoms with Crippen LogP contribution < -0.4 is 0 Å². The molecule has 3 nitrogen and oxygen atoms in total. The first-order valence-electron chi connectivity index (χ1n) is 11.2. The van der Waals surface area contributed by atoms with E-state index in [-0.39, 0.29) is 17.0 Å². The van der Waals surface area contributed by atoms with Crippen molar-refractivity contribution >= 4 is 11.8 Å². The van der Waals surface area contributed by atoms with Crippen LogP contribution in [-0.4, -0.2) is 17.4 Å². The number of carbonyl (C=O) groups is 2. The zero-order valence-electron chi connectivity index (χ0n) is 16.4. The Labute approximate surface area is 161 Å². The molecule has 6 rings (SSSR count). The van der Waals surface area contributed by atoms with E-state index in [0.29, 0.717) is 23.0 Å². The van der Waals surface area contributed by atoms with E-state index in [4.69, 9.17) is 4.74 Å².